The first-order valence-corrected chi connectivity index (χ1v) is 5.91. The number of benzene rings is 1. The second-order valence-corrected chi connectivity index (χ2v) is 4.37. The Labute approximate surface area is 111 Å². The molecule has 0 aliphatic rings. The lowest BCUT2D eigenvalue weighted by Gasteiger charge is -2.08. The van der Waals surface area contributed by atoms with Gasteiger partial charge in [0.2, 0.25) is 0 Å². The zero-order chi connectivity index (χ0) is 12.8. The zero-order valence-corrected chi connectivity index (χ0v) is 11.2. The number of hydrogen-bond donors (Lipinski definition) is 0. The first kappa shape index (κ1) is 14.1. The standard InChI is InChI=1S/C11H11F2IO3/c1-16-10(15)5-3-7-2-4-8(6-9(7)14)17-11(12)13/h2,4,6,11H,3,5H2,1H3. The van der Waals surface area contributed by atoms with Crippen LogP contribution >= 0.6 is 22.6 Å². The van der Waals surface area contributed by atoms with Crippen LogP contribution in [0.25, 0.3) is 0 Å². The van der Waals surface area contributed by atoms with Crippen molar-refractivity contribution in [2.24, 2.45) is 0 Å². The number of hydrogen-bond acceptors (Lipinski definition) is 3. The van der Waals surface area contributed by atoms with Crippen molar-refractivity contribution in [2.45, 2.75) is 19.5 Å². The molecule has 1 aromatic carbocycles. The average molecular weight is 356 g/mol. The fraction of sp³-hybridized carbons (Fsp3) is 0.364. The highest BCUT2D eigenvalue weighted by molar-refractivity contribution is 14.1. The predicted octanol–water partition coefficient (Wildman–Crippen LogP) is 3.00. The minimum absolute atomic E-state index is 0.117. The zero-order valence-electron chi connectivity index (χ0n) is 9.08. The number of aryl methyl sites for hydroxylation is 1. The van der Waals surface area contributed by atoms with Crippen LogP contribution in [0.3, 0.4) is 0 Å². The molecular weight excluding hydrogens is 345 g/mol. The molecule has 17 heavy (non-hydrogen) atoms. The molecule has 0 aliphatic carbocycles. The number of alkyl halides is 2. The molecule has 1 aromatic rings. The van der Waals surface area contributed by atoms with Gasteiger partial charge in [0, 0.05) is 9.99 Å². The number of esters is 1. The summed E-state index contributed by atoms with van der Waals surface area (Å²) in [6.07, 6.45) is 0.779. The third kappa shape index (κ3) is 4.84. The molecule has 0 unspecified atom stereocenters. The minimum Gasteiger partial charge on any atom is -0.469 e. The van der Waals surface area contributed by atoms with Crippen molar-refractivity contribution in [1.29, 1.82) is 0 Å². The lowest BCUT2D eigenvalue weighted by atomic mass is 10.1. The minimum atomic E-state index is -2.83. The lowest BCUT2D eigenvalue weighted by Crippen LogP contribution is -2.04. The highest BCUT2D eigenvalue weighted by atomic mass is 127. The Bertz CT molecular complexity index is 396. The molecule has 94 valence electrons. The van der Waals surface area contributed by atoms with E-state index in [9.17, 15) is 13.6 Å². The monoisotopic (exact) mass is 356 g/mol. The number of ether oxygens (including phenoxy) is 2. The molecule has 0 radical (unpaired) electrons. The molecule has 0 aliphatic heterocycles. The molecule has 0 saturated carbocycles. The number of halogens is 3. The highest BCUT2D eigenvalue weighted by Crippen LogP contribution is 2.22. The van der Waals surface area contributed by atoms with E-state index in [1.54, 1.807) is 6.07 Å². The normalized spacial score (nSPS) is 10.4. The van der Waals surface area contributed by atoms with Crippen molar-refractivity contribution in [2.75, 3.05) is 7.11 Å². The summed E-state index contributed by atoms with van der Waals surface area (Å²) in [6, 6.07) is 4.64. The van der Waals surface area contributed by atoms with Crippen molar-refractivity contribution in [3.63, 3.8) is 0 Å². The molecule has 0 atom stereocenters. The summed E-state index contributed by atoms with van der Waals surface area (Å²) in [7, 11) is 1.33. The molecule has 0 fully saturated rings. The Kier molecular flexibility index (Phi) is 5.60. The summed E-state index contributed by atoms with van der Waals surface area (Å²) in [5, 5.41) is 0. The van der Waals surface area contributed by atoms with Crippen molar-refractivity contribution in [1.82, 2.24) is 0 Å². The van der Waals surface area contributed by atoms with Gasteiger partial charge < -0.3 is 9.47 Å². The first-order valence-electron chi connectivity index (χ1n) is 4.83. The van der Waals surface area contributed by atoms with Crippen LogP contribution in [0, 0.1) is 3.57 Å². The maximum absolute atomic E-state index is 12.0. The van der Waals surface area contributed by atoms with E-state index in [1.165, 1.54) is 19.2 Å². The molecular formula is C11H11F2IO3. The van der Waals surface area contributed by atoms with E-state index in [0.29, 0.717) is 6.42 Å². The van der Waals surface area contributed by atoms with E-state index >= 15 is 0 Å². The van der Waals surface area contributed by atoms with Gasteiger partial charge in [-0.2, -0.15) is 8.78 Å². The Morgan fingerprint density at radius 3 is 2.71 bits per heavy atom. The second-order valence-electron chi connectivity index (χ2n) is 3.21. The van der Waals surface area contributed by atoms with Gasteiger partial charge in [0.25, 0.3) is 0 Å². The number of carbonyl (C=O) groups is 1. The van der Waals surface area contributed by atoms with E-state index < -0.39 is 6.61 Å². The van der Waals surface area contributed by atoms with Gasteiger partial charge >= 0.3 is 12.6 Å². The third-order valence-electron chi connectivity index (χ3n) is 2.08. The summed E-state index contributed by atoms with van der Waals surface area (Å²) in [5.74, 6) is -0.181. The second kappa shape index (κ2) is 6.73. The van der Waals surface area contributed by atoms with Crippen molar-refractivity contribution < 1.29 is 23.0 Å². The van der Waals surface area contributed by atoms with Crippen LogP contribution in [0.5, 0.6) is 5.75 Å². The summed E-state index contributed by atoms with van der Waals surface area (Å²) >= 11 is 2.01. The van der Waals surface area contributed by atoms with Crippen molar-refractivity contribution in [3.8, 4) is 5.75 Å². The first-order chi connectivity index (χ1) is 8.02. The van der Waals surface area contributed by atoms with Gasteiger partial charge in [0.05, 0.1) is 7.11 Å². The van der Waals surface area contributed by atoms with E-state index in [0.717, 1.165) is 9.13 Å². The molecule has 6 heteroatoms. The summed E-state index contributed by atoms with van der Waals surface area (Å²) < 4.78 is 33.5. The summed E-state index contributed by atoms with van der Waals surface area (Å²) in [6.45, 7) is -2.83. The SMILES string of the molecule is COC(=O)CCc1ccc(OC(F)F)cc1I. The van der Waals surface area contributed by atoms with Crippen LogP contribution in [0.15, 0.2) is 18.2 Å². The van der Waals surface area contributed by atoms with Crippen molar-refractivity contribution >= 4 is 28.6 Å². The van der Waals surface area contributed by atoms with Gasteiger partial charge in [0.15, 0.2) is 0 Å². The maximum atomic E-state index is 12.0. The fourth-order valence-electron chi connectivity index (χ4n) is 1.25. The van der Waals surface area contributed by atoms with Gasteiger partial charge in [-0.15, -0.1) is 0 Å². The fourth-order valence-corrected chi connectivity index (χ4v) is 2.00. The Morgan fingerprint density at radius 2 is 2.18 bits per heavy atom. The predicted molar refractivity (Wildman–Crippen MR) is 66.1 cm³/mol. The van der Waals surface area contributed by atoms with E-state index in [2.05, 4.69) is 9.47 Å². The Balaban J connectivity index is 2.66. The van der Waals surface area contributed by atoms with E-state index in [-0.39, 0.29) is 18.1 Å². The molecule has 3 nitrogen and oxygen atoms in total. The largest absolute Gasteiger partial charge is 0.469 e. The Hall–Kier alpha value is -0.920. The van der Waals surface area contributed by atoms with Gasteiger partial charge in [0.1, 0.15) is 5.75 Å². The summed E-state index contributed by atoms with van der Waals surface area (Å²) in [4.78, 5) is 11.0. The average Bonchev–Trinajstić information content (AvgIpc) is 2.26. The van der Waals surface area contributed by atoms with Gasteiger partial charge in [-0.25, -0.2) is 0 Å². The van der Waals surface area contributed by atoms with Gasteiger partial charge in [-0.05, 0) is 46.7 Å². The highest BCUT2D eigenvalue weighted by Gasteiger charge is 2.08. The van der Waals surface area contributed by atoms with Crippen LogP contribution in [-0.4, -0.2) is 19.7 Å². The lowest BCUT2D eigenvalue weighted by molar-refractivity contribution is -0.140. The molecule has 0 spiro atoms. The van der Waals surface area contributed by atoms with E-state index in [1.807, 2.05) is 22.6 Å². The molecule has 0 aromatic heterocycles. The van der Waals surface area contributed by atoms with Crippen molar-refractivity contribution in [3.05, 3.63) is 27.3 Å². The molecule has 1 rings (SSSR count). The van der Waals surface area contributed by atoms with Crippen LogP contribution in [0.2, 0.25) is 0 Å². The van der Waals surface area contributed by atoms with E-state index in [4.69, 9.17) is 0 Å². The quantitative estimate of drug-likeness (QED) is 0.601. The number of methoxy groups -OCH3 is 1. The van der Waals surface area contributed by atoms with Gasteiger partial charge in [-0.3, -0.25) is 4.79 Å². The van der Waals surface area contributed by atoms with Crippen LogP contribution in [0.4, 0.5) is 8.78 Å². The third-order valence-corrected chi connectivity index (χ3v) is 3.08. The van der Waals surface area contributed by atoms with Crippen LogP contribution < -0.4 is 4.74 Å². The number of carbonyl (C=O) groups excluding carboxylic acids is 1. The topological polar surface area (TPSA) is 35.5 Å². The van der Waals surface area contributed by atoms with Crippen LogP contribution in [-0.2, 0) is 16.0 Å². The molecule has 0 amide bonds. The Morgan fingerprint density at radius 1 is 1.47 bits per heavy atom. The molecule has 0 N–H and O–H groups in total. The summed E-state index contributed by atoms with van der Waals surface area (Å²) in [5.41, 5.74) is 0.901. The molecule has 0 saturated heterocycles. The molecule has 0 heterocycles. The maximum Gasteiger partial charge on any atom is 0.387 e. The van der Waals surface area contributed by atoms with Gasteiger partial charge in [-0.1, -0.05) is 6.07 Å². The molecule has 0 bridgehead atoms. The smallest absolute Gasteiger partial charge is 0.387 e. The number of rotatable bonds is 5. The van der Waals surface area contributed by atoms with Crippen LogP contribution in [0.1, 0.15) is 12.0 Å².